The van der Waals surface area contributed by atoms with E-state index in [4.69, 9.17) is 0 Å². The summed E-state index contributed by atoms with van der Waals surface area (Å²) in [7, 11) is 0. The van der Waals surface area contributed by atoms with Crippen molar-refractivity contribution >= 4 is 29.4 Å². The third-order valence-corrected chi connectivity index (χ3v) is 5.05. The highest BCUT2D eigenvalue weighted by molar-refractivity contribution is 7.07. The summed E-state index contributed by atoms with van der Waals surface area (Å²) in [6.07, 6.45) is 0.601. The van der Waals surface area contributed by atoms with Crippen LogP contribution in [0.4, 0.5) is 5.82 Å². The Hall–Kier alpha value is -3.06. The van der Waals surface area contributed by atoms with Gasteiger partial charge in [0, 0.05) is 18.2 Å². The predicted octanol–water partition coefficient (Wildman–Crippen LogP) is 3.99. The normalized spacial score (nSPS) is 11.2. The molecule has 0 aliphatic carbocycles. The summed E-state index contributed by atoms with van der Waals surface area (Å²) in [6.45, 7) is 3.89. The van der Waals surface area contributed by atoms with Crippen LogP contribution >= 0.6 is 11.3 Å². The molecule has 3 rings (SSSR count). The number of anilines is 1. The zero-order valence-electron chi connectivity index (χ0n) is 15.0. The molecule has 0 radical (unpaired) electrons. The van der Waals surface area contributed by atoms with Crippen molar-refractivity contribution in [2.75, 3.05) is 5.32 Å². The van der Waals surface area contributed by atoms with Gasteiger partial charge in [-0.2, -0.15) is 11.3 Å². The van der Waals surface area contributed by atoms with Gasteiger partial charge in [-0.05, 0) is 47.9 Å². The molecule has 7 heteroatoms. The molecular formula is C20H19N3O3S. The smallest absolute Gasteiger partial charge is 0.313 e. The third kappa shape index (κ3) is 4.20. The van der Waals surface area contributed by atoms with E-state index in [1.54, 1.807) is 49.4 Å². The third-order valence-electron chi connectivity index (χ3n) is 4.32. The Morgan fingerprint density at radius 2 is 2.07 bits per heavy atom. The molecule has 0 bridgehead atoms. The Morgan fingerprint density at radius 3 is 2.74 bits per heavy atom. The van der Waals surface area contributed by atoms with E-state index in [-0.39, 0.29) is 5.82 Å². The van der Waals surface area contributed by atoms with Gasteiger partial charge in [0.15, 0.2) is 12.1 Å². The van der Waals surface area contributed by atoms with E-state index in [1.165, 1.54) is 0 Å². The maximum absolute atomic E-state index is 11.5. The first-order chi connectivity index (χ1) is 12.9. The summed E-state index contributed by atoms with van der Waals surface area (Å²) in [5, 5.41) is 16.7. The lowest BCUT2D eigenvalue weighted by molar-refractivity contribution is -0.142. The van der Waals surface area contributed by atoms with Crippen LogP contribution in [0.5, 0.6) is 0 Å². The van der Waals surface area contributed by atoms with E-state index >= 15 is 0 Å². The molecular weight excluding hydrogens is 362 g/mol. The number of aromatic nitrogens is 2. The fourth-order valence-electron chi connectivity index (χ4n) is 2.53. The van der Waals surface area contributed by atoms with Gasteiger partial charge in [0.05, 0.1) is 11.1 Å². The van der Waals surface area contributed by atoms with Crippen LogP contribution in [0.1, 0.15) is 35.6 Å². The summed E-state index contributed by atoms with van der Waals surface area (Å²) in [5.74, 6) is -0.298. The number of rotatable bonds is 7. The highest BCUT2D eigenvalue weighted by Gasteiger charge is 2.29. The summed E-state index contributed by atoms with van der Waals surface area (Å²) >= 11 is 1.61. The van der Waals surface area contributed by atoms with Gasteiger partial charge in [0.1, 0.15) is 5.82 Å². The second-order valence-corrected chi connectivity index (χ2v) is 7.39. The van der Waals surface area contributed by atoms with Crippen molar-refractivity contribution in [1.82, 2.24) is 9.97 Å². The summed E-state index contributed by atoms with van der Waals surface area (Å²) < 4.78 is 0. The number of hydrogen-bond acceptors (Lipinski definition) is 6. The van der Waals surface area contributed by atoms with Gasteiger partial charge >= 0.3 is 5.97 Å². The standard InChI is InChI=1S/C20H19N3O3S/c1-20(2,19(25)26)15-5-3-4-14(8-15)16-9-17(23-18(11-24)22-16)21-10-13-6-7-27-12-13/h3-9,11-12H,10H2,1-2H3,(H,25,26)(H,21,22,23). The van der Waals surface area contributed by atoms with Crippen LogP contribution in [-0.2, 0) is 16.8 Å². The van der Waals surface area contributed by atoms with E-state index in [0.717, 1.165) is 11.1 Å². The highest BCUT2D eigenvalue weighted by Crippen LogP contribution is 2.28. The number of nitrogens with zero attached hydrogens (tertiary/aromatic N) is 2. The van der Waals surface area contributed by atoms with Gasteiger partial charge in [-0.25, -0.2) is 9.97 Å². The summed E-state index contributed by atoms with van der Waals surface area (Å²) in [5.41, 5.74) is 2.04. The Balaban J connectivity index is 1.95. The maximum Gasteiger partial charge on any atom is 0.313 e. The molecule has 2 heterocycles. The van der Waals surface area contributed by atoms with E-state index in [9.17, 15) is 14.7 Å². The molecule has 0 amide bonds. The van der Waals surface area contributed by atoms with Crippen molar-refractivity contribution in [3.63, 3.8) is 0 Å². The number of carbonyl (C=O) groups excluding carboxylic acids is 1. The second-order valence-electron chi connectivity index (χ2n) is 6.61. The Morgan fingerprint density at radius 1 is 1.26 bits per heavy atom. The first-order valence-electron chi connectivity index (χ1n) is 8.33. The topological polar surface area (TPSA) is 92.2 Å². The van der Waals surface area contributed by atoms with Crippen molar-refractivity contribution in [3.8, 4) is 11.3 Å². The average molecular weight is 381 g/mol. The number of benzene rings is 1. The van der Waals surface area contributed by atoms with E-state index in [2.05, 4.69) is 15.3 Å². The van der Waals surface area contributed by atoms with Crippen LogP contribution < -0.4 is 5.32 Å². The molecule has 0 atom stereocenters. The number of thiophene rings is 1. The maximum atomic E-state index is 11.5. The second kappa shape index (κ2) is 7.67. The minimum atomic E-state index is -1.03. The lowest BCUT2D eigenvalue weighted by Gasteiger charge is -2.20. The SMILES string of the molecule is CC(C)(C(=O)O)c1cccc(-c2cc(NCc3ccsc3)nc(C=O)n2)c1. The zero-order chi connectivity index (χ0) is 19.4. The number of carboxylic acid groups (broad SMARTS) is 1. The number of aldehydes is 1. The molecule has 1 aromatic carbocycles. The van der Waals surface area contributed by atoms with Crippen molar-refractivity contribution in [2.45, 2.75) is 25.8 Å². The fraction of sp³-hybridized carbons (Fsp3) is 0.200. The molecule has 2 N–H and O–H groups in total. The molecule has 0 unspecified atom stereocenters. The van der Waals surface area contributed by atoms with Crippen LogP contribution in [0.3, 0.4) is 0 Å². The molecule has 3 aromatic rings. The van der Waals surface area contributed by atoms with Crippen LogP contribution in [-0.4, -0.2) is 27.3 Å². The van der Waals surface area contributed by atoms with E-state index < -0.39 is 11.4 Å². The molecule has 138 valence electrons. The van der Waals surface area contributed by atoms with Crippen molar-refractivity contribution in [1.29, 1.82) is 0 Å². The largest absolute Gasteiger partial charge is 0.481 e. The summed E-state index contributed by atoms with van der Waals surface area (Å²) in [6, 6.07) is 10.9. The Labute approximate surface area is 160 Å². The fourth-order valence-corrected chi connectivity index (χ4v) is 3.20. The van der Waals surface area contributed by atoms with Crippen LogP contribution in [0, 0.1) is 0 Å². The predicted molar refractivity (Wildman–Crippen MR) is 105 cm³/mol. The zero-order valence-corrected chi connectivity index (χ0v) is 15.8. The minimum absolute atomic E-state index is 0.0724. The summed E-state index contributed by atoms with van der Waals surface area (Å²) in [4.78, 5) is 31.3. The number of nitrogens with one attached hydrogen (secondary N) is 1. The van der Waals surface area contributed by atoms with Gasteiger partial charge < -0.3 is 10.4 Å². The molecule has 0 saturated heterocycles. The molecule has 27 heavy (non-hydrogen) atoms. The minimum Gasteiger partial charge on any atom is -0.481 e. The van der Waals surface area contributed by atoms with Gasteiger partial charge in [-0.3, -0.25) is 9.59 Å². The van der Waals surface area contributed by atoms with Gasteiger partial charge in [0.2, 0.25) is 0 Å². The van der Waals surface area contributed by atoms with Crippen LogP contribution in [0.15, 0.2) is 47.2 Å². The molecule has 0 fully saturated rings. The first-order valence-corrected chi connectivity index (χ1v) is 9.28. The molecule has 0 aliphatic heterocycles. The van der Waals surface area contributed by atoms with Crippen LogP contribution in [0.25, 0.3) is 11.3 Å². The molecule has 2 aromatic heterocycles. The molecule has 0 aliphatic rings. The highest BCUT2D eigenvalue weighted by atomic mass is 32.1. The number of aliphatic carboxylic acids is 1. The number of carboxylic acids is 1. The first kappa shape index (κ1) is 18.7. The lowest BCUT2D eigenvalue weighted by Crippen LogP contribution is -2.28. The molecule has 0 spiro atoms. The van der Waals surface area contributed by atoms with Crippen molar-refractivity contribution in [2.24, 2.45) is 0 Å². The van der Waals surface area contributed by atoms with E-state index in [0.29, 0.717) is 29.9 Å². The quantitative estimate of drug-likeness (QED) is 0.601. The van der Waals surface area contributed by atoms with Crippen molar-refractivity contribution in [3.05, 3.63) is 64.1 Å². The van der Waals surface area contributed by atoms with Crippen molar-refractivity contribution < 1.29 is 14.7 Å². The van der Waals surface area contributed by atoms with Gasteiger partial charge in [-0.15, -0.1) is 0 Å². The molecule has 6 nitrogen and oxygen atoms in total. The molecule has 0 saturated carbocycles. The Kier molecular flexibility index (Phi) is 5.32. The number of carbonyl (C=O) groups is 2. The van der Waals surface area contributed by atoms with E-state index in [1.807, 2.05) is 22.9 Å². The Bertz CT molecular complexity index is 968. The monoisotopic (exact) mass is 381 g/mol. The van der Waals surface area contributed by atoms with Gasteiger partial charge in [-0.1, -0.05) is 18.2 Å². The number of hydrogen-bond donors (Lipinski definition) is 2. The average Bonchev–Trinajstić information content (AvgIpc) is 3.19. The van der Waals surface area contributed by atoms with Gasteiger partial charge in [0.25, 0.3) is 0 Å². The lowest BCUT2D eigenvalue weighted by atomic mass is 9.84. The van der Waals surface area contributed by atoms with Crippen LogP contribution in [0.2, 0.25) is 0 Å².